The van der Waals surface area contributed by atoms with Gasteiger partial charge in [0.05, 0.1) is 5.52 Å². The van der Waals surface area contributed by atoms with Gasteiger partial charge in [-0.15, -0.1) is 0 Å². The maximum atomic E-state index is 12.5. The quantitative estimate of drug-likeness (QED) is 0.477. The molecule has 3 aromatic carbocycles. The van der Waals surface area contributed by atoms with Gasteiger partial charge in [-0.1, -0.05) is 72.8 Å². The highest BCUT2D eigenvalue weighted by molar-refractivity contribution is 6.03. The van der Waals surface area contributed by atoms with Gasteiger partial charge in [0.15, 0.2) is 0 Å². The summed E-state index contributed by atoms with van der Waals surface area (Å²) < 4.78 is 0. The molecule has 3 nitrogen and oxygen atoms in total. The minimum atomic E-state index is -0.159. The van der Waals surface area contributed by atoms with Gasteiger partial charge in [0.1, 0.15) is 0 Å². The fourth-order valence-corrected chi connectivity index (χ4v) is 3.21. The van der Waals surface area contributed by atoms with Crippen molar-refractivity contribution >= 4 is 28.6 Å². The summed E-state index contributed by atoms with van der Waals surface area (Å²) >= 11 is 0. The Balaban J connectivity index is 1.52. The number of fused-ring (bicyclic) bond motifs is 1. The molecule has 0 spiro atoms. The molecular weight excluding hydrogens is 344 g/mol. The van der Waals surface area contributed by atoms with Crippen molar-refractivity contribution in [1.82, 2.24) is 4.98 Å². The fraction of sp³-hybridized carbons (Fsp3) is 0.0400. The van der Waals surface area contributed by atoms with Crippen LogP contribution < -0.4 is 5.32 Å². The third-order valence-corrected chi connectivity index (χ3v) is 4.59. The number of benzene rings is 3. The smallest absolute Gasteiger partial charge is 0.248 e. The number of para-hydroxylation sites is 2. The van der Waals surface area contributed by atoms with E-state index < -0.39 is 0 Å². The van der Waals surface area contributed by atoms with E-state index in [-0.39, 0.29) is 5.91 Å². The van der Waals surface area contributed by atoms with E-state index in [1.54, 1.807) is 12.3 Å². The largest absolute Gasteiger partial charge is 0.322 e. The van der Waals surface area contributed by atoms with Gasteiger partial charge in [-0.3, -0.25) is 9.78 Å². The number of nitrogens with zero attached hydrogens (tertiary/aromatic N) is 1. The van der Waals surface area contributed by atoms with Gasteiger partial charge in [-0.25, -0.2) is 0 Å². The molecule has 0 aliphatic heterocycles. The Kier molecular flexibility index (Phi) is 5.25. The van der Waals surface area contributed by atoms with Gasteiger partial charge in [-0.05, 0) is 35.8 Å². The summed E-state index contributed by atoms with van der Waals surface area (Å²) in [5, 5.41) is 4.06. The molecule has 0 aliphatic rings. The molecule has 0 atom stereocenters. The summed E-state index contributed by atoms with van der Waals surface area (Å²) in [6.45, 7) is 0. The number of pyridine rings is 1. The van der Waals surface area contributed by atoms with Crippen molar-refractivity contribution in [3.63, 3.8) is 0 Å². The molecule has 0 saturated carbocycles. The molecule has 0 unspecified atom stereocenters. The zero-order chi connectivity index (χ0) is 19.2. The topological polar surface area (TPSA) is 42.0 Å². The van der Waals surface area contributed by atoms with Crippen molar-refractivity contribution in [2.75, 3.05) is 5.32 Å². The second kappa shape index (κ2) is 8.31. The number of anilines is 1. The van der Waals surface area contributed by atoms with Crippen LogP contribution in [0.1, 0.15) is 16.7 Å². The van der Waals surface area contributed by atoms with Crippen LogP contribution in [0.5, 0.6) is 0 Å². The predicted molar refractivity (Wildman–Crippen MR) is 115 cm³/mol. The van der Waals surface area contributed by atoms with E-state index in [2.05, 4.69) is 22.4 Å². The molecule has 0 radical (unpaired) electrons. The number of hydrogen-bond donors (Lipinski definition) is 1. The van der Waals surface area contributed by atoms with Crippen LogP contribution in [0.2, 0.25) is 0 Å². The van der Waals surface area contributed by atoms with E-state index in [1.165, 1.54) is 5.56 Å². The third kappa shape index (κ3) is 4.15. The molecule has 1 aromatic heterocycles. The molecule has 1 heterocycles. The van der Waals surface area contributed by atoms with Crippen LogP contribution in [0.3, 0.4) is 0 Å². The van der Waals surface area contributed by atoms with Gasteiger partial charge in [0.2, 0.25) is 5.91 Å². The summed E-state index contributed by atoms with van der Waals surface area (Å²) in [4.78, 5) is 16.9. The second-order valence-electron chi connectivity index (χ2n) is 6.56. The van der Waals surface area contributed by atoms with Gasteiger partial charge in [0.25, 0.3) is 0 Å². The molecule has 4 rings (SSSR count). The number of hydrogen-bond acceptors (Lipinski definition) is 2. The Morgan fingerprint density at radius 3 is 2.54 bits per heavy atom. The first kappa shape index (κ1) is 17.7. The highest BCUT2D eigenvalue weighted by Gasteiger charge is 2.06. The summed E-state index contributed by atoms with van der Waals surface area (Å²) in [5.74, 6) is -0.159. The lowest BCUT2D eigenvalue weighted by Crippen LogP contribution is -2.10. The normalized spacial score (nSPS) is 11.0. The Morgan fingerprint density at radius 1 is 0.857 bits per heavy atom. The predicted octanol–water partition coefficient (Wildman–Crippen LogP) is 5.48. The van der Waals surface area contributed by atoms with Gasteiger partial charge in [0, 0.05) is 28.9 Å². The average molecular weight is 364 g/mol. The van der Waals surface area contributed by atoms with Gasteiger partial charge < -0.3 is 5.32 Å². The average Bonchev–Trinajstić information content (AvgIpc) is 2.74. The molecule has 0 fully saturated rings. The van der Waals surface area contributed by atoms with E-state index in [4.69, 9.17) is 0 Å². The summed E-state index contributed by atoms with van der Waals surface area (Å²) in [6, 6.07) is 28.0. The molecule has 4 aromatic rings. The maximum Gasteiger partial charge on any atom is 0.248 e. The molecule has 136 valence electrons. The summed E-state index contributed by atoms with van der Waals surface area (Å²) in [6.07, 6.45) is 5.90. The van der Waals surface area contributed by atoms with Gasteiger partial charge in [-0.2, -0.15) is 0 Å². The molecule has 0 aliphatic carbocycles. The molecule has 1 N–H and O–H groups in total. The van der Waals surface area contributed by atoms with Crippen LogP contribution >= 0.6 is 0 Å². The number of carbonyl (C=O) groups is 1. The summed E-state index contributed by atoms with van der Waals surface area (Å²) in [7, 11) is 0. The van der Waals surface area contributed by atoms with Crippen LogP contribution in [-0.4, -0.2) is 10.9 Å². The van der Waals surface area contributed by atoms with Crippen molar-refractivity contribution in [2.45, 2.75) is 6.42 Å². The van der Waals surface area contributed by atoms with Crippen LogP contribution in [0.15, 0.2) is 97.2 Å². The number of amides is 1. The lowest BCUT2D eigenvalue weighted by atomic mass is 10.0. The molecule has 0 bridgehead atoms. The first-order valence-corrected chi connectivity index (χ1v) is 9.24. The first-order valence-electron chi connectivity index (χ1n) is 9.24. The SMILES string of the molecule is O=C(C=Cc1cccc2cccnc12)Nc1ccccc1Cc1ccccc1. The van der Waals surface area contributed by atoms with Crippen molar-refractivity contribution in [1.29, 1.82) is 0 Å². The van der Waals surface area contributed by atoms with Crippen molar-refractivity contribution in [3.05, 3.63) is 114 Å². The third-order valence-electron chi connectivity index (χ3n) is 4.59. The van der Waals surface area contributed by atoms with E-state index in [0.29, 0.717) is 0 Å². The Morgan fingerprint density at radius 2 is 1.64 bits per heavy atom. The molecule has 1 amide bonds. The molecule has 3 heteroatoms. The van der Waals surface area contributed by atoms with Crippen LogP contribution in [0.25, 0.3) is 17.0 Å². The van der Waals surface area contributed by atoms with E-state index in [1.807, 2.05) is 78.9 Å². The van der Waals surface area contributed by atoms with Crippen molar-refractivity contribution < 1.29 is 4.79 Å². The number of rotatable bonds is 5. The van der Waals surface area contributed by atoms with Crippen LogP contribution in [0, 0.1) is 0 Å². The highest BCUT2D eigenvalue weighted by atomic mass is 16.1. The lowest BCUT2D eigenvalue weighted by Gasteiger charge is -2.10. The monoisotopic (exact) mass is 364 g/mol. The second-order valence-corrected chi connectivity index (χ2v) is 6.56. The minimum absolute atomic E-state index is 0.159. The Labute approximate surface area is 164 Å². The van der Waals surface area contributed by atoms with Crippen LogP contribution in [0.4, 0.5) is 5.69 Å². The number of aromatic nitrogens is 1. The van der Waals surface area contributed by atoms with E-state index in [0.717, 1.165) is 34.1 Å². The Hall–Kier alpha value is -3.72. The van der Waals surface area contributed by atoms with Gasteiger partial charge >= 0.3 is 0 Å². The first-order chi connectivity index (χ1) is 13.8. The standard InChI is InChI=1S/C25H20N2O/c28-24(16-15-21-12-6-11-20-13-7-17-26-25(20)21)27-23-14-5-4-10-22(23)18-19-8-2-1-3-9-19/h1-17H,18H2,(H,27,28). The number of carbonyl (C=O) groups excluding carboxylic acids is 1. The lowest BCUT2D eigenvalue weighted by molar-refractivity contribution is -0.111. The van der Waals surface area contributed by atoms with Crippen molar-refractivity contribution in [3.8, 4) is 0 Å². The molecule has 0 saturated heterocycles. The zero-order valence-corrected chi connectivity index (χ0v) is 15.4. The van der Waals surface area contributed by atoms with Crippen molar-refractivity contribution in [2.24, 2.45) is 0 Å². The maximum absolute atomic E-state index is 12.5. The molecule has 28 heavy (non-hydrogen) atoms. The number of nitrogens with one attached hydrogen (secondary N) is 1. The zero-order valence-electron chi connectivity index (χ0n) is 15.4. The summed E-state index contributed by atoms with van der Waals surface area (Å²) in [5.41, 5.74) is 4.94. The van der Waals surface area contributed by atoms with Crippen LogP contribution in [-0.2, 0) is 11.2 Å². The Bertz CT molecular complexity index is 1130. The minimum Gasteiger partial charge on any atom is -0.322 e. The van der Waals surface area contributed by atoms with E-state index in [9.17, 15) is 4.79 Å². The molecular formula is C25H20N2O. The van der Waals surface area contributed by atoms with E-state index >= 15 is 0 Å². The highest BCUT2D eigenvalue weighted by Crippen LogP contribution is 2.20. The fourth-order valence-electron chi connectivity index (χ4n) is 3.21.